The number of hydrogen-bond acceptors (Lipinski definition) is 3. The molecule has 0 heterocycles. The Balaban J connectivity index is 3.06. The number of nitrogens with zero attached hydrogens (tertiary/aromatic N) is 1. The Hall–Kier alpha value is -0.580. The van der Waals surface area contributed by atoms with E-state index in [0.29, 0.717) is 6.04 Å². The molecule has 0 bridgehead atoms. The molecule has 0 aliphatic carbocycles. The van der Waals surface area contributed by atoms with Gasteiger partial charge in [-0.2, -0.15) is 0 Å². The molecule has 19 heavy (non-hydrogen) atoms. The highest BCUT2D eigenvalue weighted by atomic mass is 79.9. The predicted octanol–water partition coefficient (Wildman–Crippen LogP) is 3.15. The molecule has 0 fully saturated rings. The lowest BCUT2D eigenvalue weighted by Crippen LogP contribution is -2.45. The summed E-state index contributed by atoms with van der Waals surface area (Å²) in [7, 11) is 2.02. The van der Waals surface area contributed by atoms with Crippen LogP contribution >= 0.6 is 15.9 Å². The first kappa shape index (κ1) is 16.5. The standard InChI is InChI=1S/C15H25BrN2O/c1-11(2)17-9-12-6-7-13(16)8-14(12)18(5)15(3,4)10-19/h6-8,11,17,19H,9-10H2,1-5H3. The topological polar surface area (TPSA) is 35.5 Å². The summed E-state index contributed by atoms with van der Waals surface area (Å²) < 4.78 is 1.05. The van der Waals surface area contributed by atoms with E-state index in [1.807, 2.05) is 20.9 Å². The van der Waals surface area contributed by atoms with Crippen LogP contribution in [0.4, 0.5) is 5.69 Å². The second-order valence-corrected chi connectivity index (χ2v) is 6.75. The van der Waals surface area contributed by atoms with Crippen LogP contribution in [0.2, 0.25) is 0 Å². The second-order valence-electron chi connectivity index (χ2n) is 5.84. The van der Waals surface area contributed by atoms with E-state index in [2.05, 4.69) is 58.2 Å². The number of aliphatic hydroxyl groups excluding tert-OH is 1. The van der Waals surface area contributed by atoms with E-state index in [4.69, 9.17) is 0 Å². The summed E-state index contributed by atoms with van der Waals surface area (Å²) in [6.45, 7) is 9.29. The highest BCUT2D eigenvalue weighted by Crippen LogP contribution is 2.29. The van der Waals surface area contributed by atoms with Crippen molar-refractivity contribution in [3.05, 3.63) is 28.2 Å². The van der Waals surface area contributed by atoms with Gasteiger partial charge >= 0.3 is 0 Å². The van der Waals surface area contributed by atoms with Crippen molar-refractivity contribution in [1.82, 2.24) is 5.32 Å². The van der Waals surface area contributed by atoms with E-state index < -0.39 is 0 Å². The lowest BCUT2D eigenvalue weighted by molar-refractivity contribution is 0.216. The average molecular weight is 329 g/mol. The Bertz CT molecular complexity index is 419. The van der Waals surface area contributed by atoms with E-state index in [1.54, 1.807) is 0 Å². The van der Waals surface area contributed by atoms with Crippen LogP contribution in [0.1, 0.15) is 33.3 Å². The summed E-state index contributed by atoms with van der Waals surface area (Å²) in [6, 6.07) is 6.74. The smallest absolute Gasteiger partial charge is 0.0658 e. The fourth-order valence-corrected chi connectivity index (χ4v) is 2.09. The van der Waals surface area contributed by atoms with Crippen molar-refractivity contribution in [2.45, 2.75) is 45.8 Å². The van der Waals surface area contributed by atoms with Gasteiger partial charge in [-0.1, -0.05) is 35.8 Å². The zero-order valence-corrected chi connectivity index (χ0v) is 14.1. The molecule has 0 atom stereocenters. The summed E-state index contributed by atoms with van der Waals surface area (Å²) in [5.74, 6) is 0. The molecule has 2 N–H and O–H groups in total. The van der Waals surface area contributed by atoms with Crippen LogP contribution in [0, 0.1) is 0 Å². The number of hydrogen-bond donors (Lipinski definition) is 2. The summed E-state index contributed by atoms with van der Waals surface area (Å²) in [5.41, 5.74) is 2.09. The maximum Gasteiger partial charge on any atom is 0.0658 e. The van der Waals surface area contributed by atoms with Crippen LogP contribution < -0.4 is 10.2 Å². The third kappa shape index (κ3) is 4.48. The molecule has 0 aromatic heterocycles. The molecule has 0 amide bonds. The fourth-order valence-electron chi connectivity index (χ4n) is 1.74. The van der Waals surface area contributed by atoms with Gasteiger partial charge in [0, 0.05) is 29.8 Å². The Morgan fingerprint density at radius 1 is 1.37 bits per heavy atom. The Labute approximate surface area is 125 Å². The number of likely N-dealkylation sites (N-methyl/N-ethyl adjacent to an activating group) is 1. The molecule has 0 unspecified atom stereocenters. The van der Waals surface area contributed by atoms with Crippen LogP contribution in [0.3, 0.4) is 0 Å². The minimum absolute atomic E-state index is 0.118. The van der Waals surface area contributed by atoms with Crippen LogP contribution in [0.25, 0.3) is 0 Å². The van der Waals surface area contributed by atoms with E-state index in [0.717, 1.165) is 16.7 Å². The molecule has 0 saturated heterocycles. The molecule has 108 valence electrons. The zero-order chi connectivity index (χ0) is 14.6. The van der Waals surface area contributed by atoms with Crippen molar-refractivity contribution in [3.63, 3.8) is 0 Å². The van der Waals surface area contributed by atoms with Crippen molar-refractivity contribution >= 4 is 21.6 Å². The molecular formula is C15H25BrN2O. The Morgan fingerprint density at radius 2 is 2.00 bits per heavy atom. The number of nitrogens with one attached hydrogen (secondary N) is 1. The molecule has 4 heteroatoms. The highest BCUT2D eigenvalue weighted by Gasteiger charge is 2.24. The third-order valence-corrected chi connectivity index (χ3v) is 3.90. The van der Waals surface area contributed by atoms with Gasteiger partial charge in [-0.05, 0) is 31.5 Å². The van der Waals surface area contributed by atoms with E-state index in [-0.39, 0.29) is 12.1 Å². The van der Waals surface area contributed by atoms with Crippen LogP contribution in [0.15, 0.2) is 22.7 Å². The molecular weight excluding hydrogens is 304 g/mol. The van der Waals surface area contributed by atoms with Gasteiger partial charge < -0.3 is 15.3 Å². The van der Waals surface area contributed by atoms with E-state index in [9.17, 15) is 5.11 Å². The lowest BCUT2D eigenvalue weighted by atomic mass is 10.0. The fraction of sp³-hybridized carbons (Fsp3) is 0.600. The molecule has 3 nitrogen and oxygen atoms in total. The summed E-state index contributed by atoms with van der Waals surface area (Å²) in [6.07, 6.45) is 0. The van der Waals surface area contributed by atoms with Crippen molar-refractivity contribution in [2.75, 3.05) is 18.6 Å². The Kier molecular flexibility index (Phi) is 5.83. The molecule has 0 spiro atoms. The quantitative estimate of drug-likeness (QED) is 0.842. The second kappa shape index (κ2) is 6.73. The maximum atomic E-state index is 9.54. The van der Waals surface area contributed by atoms with Crippen LogP contribution in [-0.4, -0.2) is 30.3 Å². The molecule has 1 rings (SSSR count). The van der Waals surface area contributed by atoms with Crippen molar-refractivity contribution in [1.29, 1.82) is 0 Å². The molecule has 0 saturated carbocycles. The van der Waals surface area contributed by atoms with Gasteiger partial charge in [0.05, 0.1) is 12.1 Å². The molecule has 0 aliphatic rings. The number of anilines is 1. The highest BCUT2D eigenvalue weighted by molar-refractivity contribution is 9.10. The first-order valence-electron chi connectivity index (χ1n) is 6.64. The number of aliphatic hydroxyl groups is 1. The first-order chi connectivity index (χ1) is 8.77. The van der Waals surface area contributed by atoms with Crippen LogP contribution in [0.5, 0.6) is 0 Å². The van der Waals surface area contributed by atoms with Gasteiger partial charge in [0.25, 0.3) is 0 Å². The zero-order valence-electron chi connectivity index (χ0n) is 12.5. The van der Waals surface area contributed by atoms with Gasteiger partial charge in [-0.3, -0.25) is 0 Å². The number of halogens is 1. The van der Waals surface area contributed by atoms with Gasteiger partial charge in [-0.25, -0.2) is 0 Å². The minimum Gasteiger partial charge on any atom is -0.394 e. The van der Waals surface area contributed by atoms with Gasteiger partial charge in [-0.15, -0.1) is 0 Å². The average Bonchev–Trinajstić information content (AvgIpc) is 2.36. The SMILES string of the molecule is CC(C)NCc1ccc(Br)cc1N(C)C(C)(C)CO. The van der Waals surface area contributed by atoms with Gasteiger partial charge in [0.2, 0.25) is 0 Å². The first-order valence-corrected chi connectivity index (χ1v) is 7.43. The number of rotatable bonds is 6. The third-order valence-electron chi connectivity index (χ3n) is 3.40. The normalized spacial score (nSPS) is 12.0. The van der Waals surface area contributed by atoms with Crippen LogP contribution in [-0.2, 0) is 6.54 Å². The van der Waals surface area contributed by atoms with Gasteiger partial charge in [0.15, 0.2) is 0 Å². The molecule has 1 aromatic rings. The van der Waals surface area contributed by atoms with Gasteiger partial charge in [0.1, 0.15) is 0 Å². The maximum absolute atomic E-state index is 9.54. The van der Waals surface area contributed by atoms with Crippen molar-refractivity contribution in [2.24, 2.45) is 0 Å². The summed E-state index contributed by atoms with van der Waals surface area (Å²) in [5, 5.41) is 13.0. The predicted molar refractivity (Wildman–Crippen MR) is 85.7 cm³/mol. The summed E-state index contributed by atoms with van der Waals surface area (Å²) >= 11 is 3.52. The molecule has 0 aliphatic heterocycles. The van der Waals surface area contributed by atoms with Crippen molar-refractivity contribution < 1.29 is 5.11 Å². The largest absolute Gasteiger partial charge is 0.394 e. The van der Waals surface area contributed by atoms with E-state index >= 15 is 0 Å². The monoisotopic (exact) mass is 328 g/mol. The lowest BCUT2D eigenvalue weighted by Gasteiger charge is -2.37. The minimum atomic E-state index is -0.284. The molecule has 1 aromatic carbocycles. The van der Waals surface area contributed by atoms with Crippen molar-refractivity contribution in [3.8, 4) is 0 Å². The molecule has 0 radical (unpaired) electrons. The summed E-state index contributed by atoms with van der Waals surface area (Å²) in [4.78, 5) is 2.13. The number of benzene rings is 1. The van der Waals surface area contributed by atoms with E-state index in [1.165, 1.54) is 5.56 Å². The Morgan fingerprint density at radius 3 is 2.53 bits per heavy atom.